The summed E-state index contributed by atoms with van der Waals surface area (Å²) >= 11 is 5.06. The van der Waals surface area contributed by atoms with Gasteiger partial charge in [-0.25, -0.2) is 0 Å². The summed E-state index contributed by atoms with van der Waals surface area (Å²) in [6, 6.07) is 3.61. The molecule has 0 bridgehead atoms. The first-order valence-corrected chi connectivity index (χ1v) is 5.47. The minimum atomic E-state index is 0.548. The van der Waals surface area contributed by atoms with Crippen LogP contribution in [0.4, 0.5) is 0 Å². The minimum Gasteiger partial charge on any atom is -0.497 e. The van der Waals surface area contributed by atoms with Crippen LogP contribution in [0.25, 0.3) is 0 Å². The Hall–Kier alpha value is -1.69. The number of hydrogen-bond donors (Lipinski definition) is 1. The zero-order chi connectivity index (χ0) is 12.8. The van der Waals surface area contributed by atoms with Gasteiger partial charge in [-0.2, -0.15) is 5.10 Å². The zero-order valence-corrected chi connectivity index (χ0v) is 11.2. The summed E-state index contributed by atoms with van der Waals surface area (Å²) in [6.07, 6.45) is 1.68. The van der Waals surface area contributed by atoms with Gasteiger partial charge in [0.05, 0.1) is 18.5 Å². The van der Waals surface area contributed by atoms with Gasteiger partial charge in [-0.05, 0) is 25.2 Å². The Morgan fingerprint density at radius 1 is 1.53 bits per heavy atom. The van der Waals surface area contributed by atoms with Gasteiger partial charge < -0.3 is 9.64 Å². The van der Waals surface area contributed by atoms with Crippen LogP contribution in [0.5, 0.6) is 5.75 Å². The summed E-state index contributed by atoms with van der Waals surface area (Å²) in [5.41, 5.74) is 4.27. The first-order valence-electron chi connectivity index (χ1n) is 5.06. The lowest BCUT2D eigenvalue weighted by atomic mass is 10.2. The topological polar surface area (TPSA) is 49.8 Å². The molecule has 0 aliphatic rings. The predicted molar refractivity (Wildman–Crippen MR) is 72.4 cm³/mol. The van der Waals surface area contributed by atoms with Crippen LogP contribution in [-0.4, -0.2) is 41.9 Å². The number of methoxy groups -OCH3 is 1. The Bertz CT molecular complexity index is 431. The molecule has 1 N–H and O–H groups in total. The molecule has 92 valence electrons. The second-order valence-corrected chi connectivity index (χ2v) is 3.98. The van der Waals surface area contributed by atoms with E-state index in [1.165, 1.54) is 0 Å². The van der Waals surface area contributed by atoms with Gasteiger partial charge in [-0.15, -0.1) is 0 Å². The summed E-state index contributed by atoms with van der Waals surface area (Å²) in [6.45, 7) is 1.85. The van der Waals surface area contributed by atoms with Crippen LogP contribution in [0.2, 0.25) is 0 Å². The molecule has 0 fully saturated rings. The highest BCUT2D eigenvalue weighted by Gasteiger charge is 2.02. The molecule has 1 aromatic rings. The molecular weight excluding hydrogens is 236 g/mol. The number of hydrazone groups is 1. The van der Waals surface area contributed by atoms with E-state index in [-0.39, 0.29) is 0 Å². The Kier molecular flexibility index (Phi) is 4.84. The molecule has 1 rings (SSSR count). The molecule has 17 heavy (non-hydrogen) atoms. The second kappa shape index (κ2) is 6.15. The number of rotatable bonds is 3. The van der Waals surface area contributed by atoms with Crippen molar-refractivity contribution in [2.24, 2.45) is 5.10 Å². The van der Waals surface area contributed by atoms with Crippen LogP contribution in [0.1, 0.15) is 12.6 Å². The number of aromatic nitrogens is 1. The molecule has 0 atom stereocenters. The third kappa shape index (κ3) is 3.99. The van der Waals surface area contributed by atoms with Crippen molar-refractivity contribution >= 4 is 23.0 Å². The number of nitrogens with zero attached hydrogens (tertiary/aromatic N) is 3. The molecule has 1 aromatic heterocycles. The number of pyridine rings is 1. The average Bonchev–Trinajstić information content (AvgIpc) is 2.35. The Balaban J connectivity index is 2.77. The van der Waals surface area contributed by atoms with Gasteiger partial charge in [0.25, 0.3) is 0 Å². The van der Waals surface area contributed by atoms with Gasteiger partial charge in [-0.3, -0.25) is 10.4 Å². The monoisotopic (exact) mass is 252 g/mol. The molecule has 0 saturated carbocycles. The first-order chi connectivity index (χ1) is 8.04. The van der Waals surface area contributed by atoms with Gasteiger partial charge in [-0.1, -0.05) is 0 Å². The maximum Gasteiger partial charge on any atom is 0.189 e. The van der Waals surface area contributed by atoms with Crippen LogP contribution < -0.4 is 10.2 Å². The van der Waals surface area contributed by atoms with E-state index in [2.05, 4.69) is 15.5 Å². The van der Waals surface area contributed by atoms with Crippen molar-refractivity contribution in [3.63, 3.8) is 0 Å². The maximum atomic E-state index is 5.12. The lowest BCUT2D eigenvalue weighted by molar-refractivity contribution is 0.414. The third-order valence-electron chi connectivity index (χ3n) is 2.06. The first kappa shape index (κ1) is 13.4. The van der Waals surface area contributed by atoms with E-state index in [9.17, 15) is 0 Å². The van der Waals surface area contributed by atoms with Gasteiger partial charge >= 0.3 is 0 Å². The summed E-state index contributed by atoms with van der Waals surface area (Å²) < 4.78 is 5.12. The molecule has 5 nitrogen and oxygen atoms in total. The van der Waals surface area contributed by atoms with Crippen LogP contribution in [-0.2, 0) is 0 Å². The SMILES string of the molecule is COc1ccnc(/C(C)=N/NC(=S)N(C)C)c1. The van der Waals surface area contributed by atoms with E-state index in [1.807, 2.05) is 27.1 Å². The van der Waals surface area contributed by atoms with Gasteiger partial charge in [0.15, 0.2) is 5.11 Å². The van der Waals surface area contributed by atoms with Crippen molar-refractivity contribution in [2.75, 3.05) is 21.2 Å². The summed E-state index contributed by atoms with van der Waals surface area (Å²) in [5.74, 6) is 0.750. The normalized spacial score (nSPS) is 10.9. The Morgan fingerprint density at radius 2 is 2.24 bits per heavy atom. The largest absolute Gasteiger partial charge is 0.497 e. The van der Waals surface area contributed by atoms with Crippen molar-refractivity contribution in [2.45, 2.75) is 6.92 Å². The van der Waals surface area contributed by atoms with E-state index < -0.39 is 0 Å². The van der Waals surface area contributed by atoms with Crippen molar-refractivity contribution in [1.29, 1.82) is 0 Å². The lowest BCUT2D eigenvalue weighted by Crippen LogP contribution is -2.31. The van der Waals surface area contributed by atoms with Crippen LogP contribution in [0, 0.1) is 0 Å². The quantitative estimate of drug-likeness (QED) is 0.498. The van der Waals surface area contributed by atoms with Crippen LogP contribution in [0.3, 0.4) is 0 Å². The molecule has 6 heteroatoms. The minimum absolute atomic E-state index is 0.548. The molecule has 0 aliphatic heterocycles. The Morgan fingerprint density at radius 3 is 2.82 bits per heavy atom. The van der Waals surface area contributed by atoms with Crippen molar-refractivity contribution in [3.05, 3.63) is 24.0 Å². The van der Waals surface area contributed by atoms with Gasteiger partial charge in [0.1, 0.15) is 5.75 Å². The highest BCUT2D eigenvalue weighted by Crippen LogP contribution is 2.10. The molecule has 0 spiro atoms. The van der Waals surface area contributed by atoms with Crippen molar-refractivity contribution < 1.29 is 4.74 Å². The standard InChI is InChI=1S/C11H16N4OS/c1-8(13-14-11(17)15(2)3)10-7-9(16-4)5-6-12-10/h5-7H,1-4H3,(H,14,17)/b13-8+. The van der Waals surface area contributed by atoms with E-state index in [4.69, 9.17) is 17.0 Å². The van der Waals surface area contributed by atoms with E-state index in [1.54, 1.807) is 24.3 Å². The predicted octanol–water partition coefficient (Wildman–Crippen LogP) is 1.25. The number of ether oxygens (including phenoxy) is 1. The molecule has 0 aromatic carbocycles. The number of hydrogen-bond acceptors (Lipinski definition) is 4. The highest BCUT2D eigenvalue weighted by molar-refractivity contribution is 7.80. The molecule has 0 amide bonds. The number of thiocarbonyl (C=S) groups is 1. The second-order valence-electron chi connectivity index (χ2n) is 3.59. The molecule has 0 aliphatic carbocycles. The summed E-state index contributed by atoms with van der Waals surface area (Å²) in [4.78, 5) is 5.97. The molecule has 0 saturated heterocycles. The molecular formula is C11H16N4OS. The molecule has 0 radical (unpaired) electrons. The zero-order valence-electron chi connectivity index (χ0n) is 10.4. The van der Waals surface area contributed by atoms with Crippen LogP contribution in [0.15, 0.2) is 23.4 Å². The maximum absolute atomic E-state index is 5.12. The third-order valence-corrected chi connectivity index (χ3v) is 2.52. The highest BCUT2D eigenvalue weighted by atomic mass is 32.1. The van der Waals surface area contributed by atoms with E-state index in [0.717, 1.165) is 17.2 Å². The van der Waals surface area contributed by atoms with Crippen molar-refractivity contribution in [1.82, 2.24) is 15.3 Å². The van der Waals surface area contributed by atoms with Crippen molar-refractivity contribution in [3.8, 4) is 5.75 Å². The lowest BCUT2D eigenvalue weighted by Gasteiger charge is -2.12. The fourth-order valence-corrected chi connectivity index (χ4v) is 1.07. The Labute approximate surface area is 106 Å². The summed E-state index contributed by atoms with van der Waals surface area (Å²) in [7, 11) is 5.32. The molecule has 1 heterocycles. The van der Waals surface area contributed by atoms with Gasteiger partial charge in [0.2, 0.25) is 0 Å². The van der Waals surface area contributed by atoms with Crippen LogP contribution >= 0.6 is 12.2 Å². The van der Waals surface area contributed by atoms with Gasteiger partial charge in [0, 0.05) is 26.4 Å². The molecule has 0 unspecified atom stereocenters. The van der Waals surface area contributed by atoms with E-state index in [0.29, 0.717) is 5.11 Å². The smallest absolute Gasteiger partial charge is 0.189 e. The fraction of sp³-hybridized carbons (Fsp3) is 0.364. The van der Waals surface area contributed by atoms with E-state index >= 15 is 0 Å². The average molecular weight is 252 g/mol. The number of nitrogens with one attached hydrogen (secondary N) is 1. The fourth-order valence-electron chi connectivity index (χ4n) is 1.02. The summed E-state index contributed by atoms with van der Waals surface area (Å²) in [5, 5.41) is 4.71.